The molecule has 0 saturated heterocycles. The average Bonchev–Trinajstić information content (AvgIpc) is 2.63. The molecule has 0 aliphatic rings. The lowest BCUT2D eigenvalue weighted by atomic mass is 10.2. The topological polar surface area (TPSA) is 54.0 Å². The van der Waals surface area contributed by atoms with Gasteiger partial charge in [-0.1, -0.05) is 36.4 Å². The molecule has 0 atom stereocenters. The van der Waals surface area contributed by atoms with E-state index in [0.717, 1.165) is 21.4 Å². The van der Waals surface area contributed by atoms with Crippen LogP contribution >= 0.6 is 15.9 Å². The minimum Gasteiger partial charge on any atom is -0.353 e. The molecule has 3 aromatic rings. The lowest BCUT2D eigenvalue weighted by molar-refractivity contribution is 0.0950. The van der Waals surface area contributed by atoms with Crippen LogP contribution in [0.1, 0.15) is 21.5 Å². The van der Waals surface area contributed by atoms with Crippen LogP contribution in [0, 0.1) is 6.92 Å². The molecule has 0 radical (unpaired) electrons. The Morgan fingerprint density at radius 3 is 2.64 bits per heavy atom. The highest BCUT2D eigenvalue weighted by atomic mass is 79.9. The van der Waals surface area contributed by atoms with Crippen LogP contribution in [0.3, 0.4) is 0 Å². The summed E-state index contributed by atoms with van der Waals surface area (Å²) in [4.78, 5) is 16.5. The number of amides is 1. The fourth-order valence-electron chi connectivity index (χ4n) is 2.39. The Hall–Kier alpha value is -2.66. The standard InChI is InChI=1S/C20H18BrN3O/c1-14-7-8-19(18(21)9-14)24-17-10-16(12-22-13-17)20(25)23-11-15-5-3-2-4-6-15/h2-10,12-13,24H,11H2,1H3,(H,23,25). The van der Waals surface area contributed by atoms with E-state index in [1.54, 1.807) is 18.5 Å². The maximum Gasteiger partial charge on any atom is 0.253 e. The second-order valence-electron chi connectivity index (χ2n) is 5.74. The molecule has 0 unspecified atom stereocenters. The smallest absolute Gasteiger partial charge is 0.253 e. The number of aromatic nitrogens is 1. The Labute approximate surface area is 155 Å². The fourth-order valence-corrected chi connectivity index (χ4v) is 2.98. The molecule has 3 rings (SSSR count). The van der Waals surface area contributed by atoms with Gasteiger partial charge in [-0.3, -0.25) is 9.78 Å². The van der Waals surface area contributed by atoms with Crippen LogP contribution < -0.4 is 10.6 Å². The van der Waals surface area contributed by atoms with E-state index in [1.807, 2.05) is 55.5 Å². The predicted molar refractivity (Wildman–Crippen MR) is 104 cm³/mol. The van der Waals surface area contributed by atoms with E-state index in [9.17, 15) is 4.79 Å². The Bertz CT molecular complexity index is 881. The van der Waals surface area contributed by atoms with Crippen molar-refractivity contribution in [2.45, 2.75) is 13.5 Å². The lowest BCUT2D eigenvalue weighted by Crippen LogP contribution is -2.22. The van der Waals surface area contributed by atoms with Crippen molar-refractivity contribution in [1.29, 1.82) is 0 Å². The summed E-state index contributed by atoms with van der Waals surface area (Å²) in [6.07, 6.45) is 3.26. The van der Waals surface area contributed by atoms with E-state index in [4.69, 9.17) is 0 Å². The van der Waals surface area contributed by atoms with Crippen molar-refractivity contribution in [3.8, 4) is 0 Å². The molecule has 126 valence electrons. The first-order valence-corrected chi connectivity index (χ1v) is 8.71. The molecule has 1 amide bonds. The molecule has 5 heteroatoms. The van der Waals surface area contributed by atoms with E-state index in [2.05, 4.69) is 31.5 Å². The first-order chi connectivity index (χ1) is 12.1. The zero-order valence-corrected chi connectivity index (χ0v) is 15.4. The lowest BCUT2D eigenvalue weighted by Gasteiger charge is -2.10. The molecule has 0 saturated carbocycles. The van der Waals surface area contributed by atoms with Crippen molar-refractivity contribution >= 4 is 33.2 Å². The van der Waals surface area contributed by atoms with E-state index < -0.39 is 0 Å². The monoisotopic (exact) mass is 395 g/mol. The number of nitrogens with one attached hydrogen (secondary N) is 2. The molecule has 2 N–H and O–H groups in total. The Balaban J connectivity index is 1.69. The summed E-state index contributed by atoms with van der Waals surface area (Å²) >= 11 is 3.54. The average molecular weight is 396 g/mol. The third-order valence-electron chi connectivity index (χ3n) is 3.70. The largest absolute Gasteiger partial charge is 0.353 e. The van der Waals surface area contributed by atoms with E-state index in [1.165, 1.54) is 5.56 Å². The van der Waals surface area contributed by atoms with Crippen LogP contribution in [0.25, 0.3) is 0 Å². The molecular weight excluding hydrogens is 378 g/mol. The summed E-state index contributed by atoms with van der Waals surface area (Å²) < 4.78 is 0.964. The van der Waals surface area contributed by atoms with Crippen LogP contribution in [-0.4, -0.2) is 10.9 Å². The molecule has 2 aromatic carbocycles. The van der Waals surface area contributed by atoms with Crippen LogP contribution in [0.5, 0.6) is 0 Å². The van der Waals surface area contributed by atoms with Crippen molar-refractivity contribution in [3.63, 3.8) is 0 Å². The third-order valence-corrected chi connectivity index (χ3v) is 4.36. The summed E-state index contributed by atoms with van der Waals surface area (Å²) in [5.41, 5.74) is 4.43. The van der Waals surface area contributed by atoms with Gasteiger partial charge in [0.25, 0.3) is 5.91 Å². The number of hydrogen-bond acceptors (Lipinski definition) is 3. The summed E-state index contributed by atoms with van der Waals surface area (Å²) in [7, 11) is 0. The second-order valence-corrected chi connectivity index (χ2v) is 6.59. The van der Waals surface area contributed by atoms with Gasteiger partial charge in [0.1, 0.15) is 0 Å². The van der Waals surface area contributed by atoms with Crippen molar-refractivity contribution in [2.75, 3.05) is 5.32 Å². The predicted octanol–water partition coefficient (Wildman–Crippen LogP) is 4.83. The molecule has 0 spiro atoms. The molecule has 0 bridgehead atoms. The highest BCUT2D eigenvalue weighted by Crippen LogP contribution is 2.26. The van der Waals surface area contributed by atoms with Crippen molar-refractivity contribution in [1.82, 2.24) is 10.3 Å². The van der Waals surface area contributed by atoms with Gasteiger partial charge in [0.05, 0.1) is 23.1 Å². The van der Waals surface area contributed by atoms with Gasteiger partial charge < -0.3 is 10.6 Å². The number of rotatable bonds is 5. The number of benzene rings is 2. The van der Waals surface area contributed by atoms with Gasteiger partial charge in [0, 0.05) is 17.2 Å². The molecule has 1 heterocycles. The first kappa shape index (κ1) is 17.2. The molecule has 0 aliphatic carbocycles. The number of carbonyl (C=O) groups excluding carboxylic acids is 1. The van der Waals surface area contributed by atoms with Gasteiger partial charge >= 0.3 is 0 Å². The van der Waals surface area contributed by atoms with Gasteiger partial charge in [0.2, 0.25) is 0 Å². The van der Waals surface area contributed by atoms with Crippen LogP contribution in [-0.2, 0) is 6.54 Å². The SMILES string of the molecule is Cc1ccc(Nc2cncc(C(=O)NCc3ccccc3)c2)c(Br)c1. The number of carbonyl (C=O) groups is 1. The minimum absolute atomic E-state index is 0.150. The van der Waals surface area contributed by atoms with E-state index in [-0.39, 0.29) is 5.91 Å². The number of nitrogens with zero attached hydrogens (tertiary/aromatic N) is 1. The van der Waals surface area contributed by atoms with Crippen LogP contribution in [0.4, 0.5) is 11.4 Å². The van der Waals surface area contributed by atoms with Gasteiger partial charge in [-0.25, -0.2) is 0 Å². The van der Waals surface area contributed by atoms with Gasteiger partial charge in [-0.15, -0.1) is 0 Å². The summed E-state index contributed by atoms with van der Waals surface area (Å²) in [6, 6.07) is 17.6. The van der Waals surface area contributed by atoms with Crippen LogP contribution in [0.2, 0.25) is 0 Å². The van der Waals surface area contributed by atoms with Crippen molar-refractivity contribution in [3.05, 3.63) is 88.2 Å². The zero-order chi connectivity index (χ0) is 17.6. The number of halogens is 1. The van der Waals surface area contributed by atoms with Gasteiger partial charge in [-0.2, -0.15) is 0 Å². The van der Waals surface area contributed by atoms with E-state index >= 15 is 0 Å². The van der Waals surface area contributed by atoms with Crippen LogP contribution in [0.15, 0.2) is 71.5 Å². The summed E-state index contributed by atoms with van der Waals surface area (Å²) in [5, 5.41) is 6.19. The van der Waals surface area contributed by atoms with Crippen molar-refractivity contribution < 1.29 is 4.79 Å². The highest BCUT2D eigenvalue weighted by Gasteiger charge is 2.08. The second kappa shape index (κ2) is 7.94. The zero-order valence-electron chi connectivity index (χ0n) is 13.8. The maximum absolute atomic E-state index is 12.3. The normalized spacial score (nSPS) is 10.3. The summed E-state index contributed by atoms with van der Waals surface area (Å²) in [5.74, 6) is -0.150. The quantitative estimate of drug-likeness (QED) is 0.650. The highest BCUT2D eigenvalue weighted by molar-refractivity contribution is 9.10. The Morgan fingerprint density at radius 1 is 1.08 bits per heavy atom. The fraction of sp³-hybridized carbons (Fsp3) is 0.100. The molecule has 1 aromatic heterocycles. The number of hydrogen-bond donors (Lipinski definition) is 2. The van der Waals surface area contributed by atoms with Gasteiger partial charge in [-0.05, 0) is 52.2 Å². The Kier molecular flexibility index (Phi) is 5.46. The number of pyridine rings is 1. The molecule has 0 aliphatic heterocycles. The first-order valence-electron chi connectivity index (χ1n) is 7.92. The van der Waals surface area contributed by atoms with Gasteiger partial charge in [0.15, 0.2) is 0 Å². The number of anilines is 2. The molecular formula is C20H18BrN3O. The molecule has 25 heavy (non-hydrogen) atoms. The number of aryl methyl sites for hydroxylation is 1. The molecule has 0 fully saturated rings. The summed E-state index contributed by atoms with van der Waals surface area (Å²) in [6.45, 7) is 2.52. The Morgan fingerprint density at radius 2 is 1.88 bits per heavy atom. The van der Waals surface area contributed by atoms with E-state index in [0.29, 0.717) is 12.1 Å². The minimum atomic E-state index is -0.150. The van der Waals surface area contributed by atoms with Crippen molar-refractivity contribution in [2.24, 2.45) is 0 Å². The third kappa shape index (κ3) is 4.67. The maximum atomic E-state index is 12.3. The molecule has 4 nitrogen and oxygen atoms in total.